The molecule has 20 heavy (non-hydrogen) atoms. The number of imidazole rings is 1. The maximum Gasteiger partial charge on any atom is 0.329 e. The Labute approximate surface area is 116 Å². The summed E-state index contributed by atoms with van der Waals surface area (Å²) in [5.41, 5.74) is 2.66. The molecule has 0 bridgehead atoms. The first-order valence-corrected chi connectivity index (χ1v) is 6.76. The van der Waals surface area contributed by atoms with Crippen molar-refractivity contribution < 1.29 is 4.74 Å². The van der Waals surface area contributed by atoms with Crippen LogP contribution in [0, 0.1) is 5.41 Å². The van der Waals surface area contributed by atoms with E-state index in [1.807, 2.05) is 37.1 Å². The minimum absolute atomic E-state index is 0.0648. The van der Waals surface area contributed by atoms with E-state index >= 15 is 0 Å². The molecule has 6 heteroatoms. The second-order valence-electron chi connectivity index (χ2n) is 4.87. The topological polar surface area (TPSA) is 63.2 Å². The molecule has 0 spiro atoms. The molecule has 6 nitrogen and oxygen atoms in total. The van der Waals surface area contributed by atoms with Gasteiger partial charge in [0.1, 0.15) is 5.84 Å². The lowest BCUT2D eigenvalue weighted by Crippen LogP contribution is -2.37. The van der Waals surface area contributed by atoms with E-state index in [1.165, 1.54) is 0 Å². The molecule has 0 fully saturated rings. The lowest BCUT2D eigenvalue weighted by molar-refractivity contribution is 0.139. The monoisotopic (exact) mass is 274 g/mol. The highest BCUT2D eigenvalue weighted by atomic mass is 16.5. The molecule has 1 aliphatic rings. The number of amidine groups is 1. The highest BCUT2D eigenvalue weighted by Gasteiger charge is 2.24. The quantitative estimate of drug-likeness (QED) is 0.854. The van der Waals surface area contributed by atoms with Gasteiger partial charge in [-0.1, -0.05) is 6.07 Å². The van der Waals surface area contributed by atoms with E-state index in [9.17, 15) is 4.79 Å². The third-order valence-electron chi connectivity index (χ3n) is 3.75. The van der Waals surface area contributed by atoms with Crippen molar-refractivity contribution in [2.24, 2.45) is 0 Å². The van der Waals surface area contributed by atoms with Crippen molar-refractivity contribution in [3.05, 3.63) is 28.7 Å². The van der Waals surface area contributed by atoms with Gasteiger partial charge in [-0.25, -0.2) is 4.79 Å². The van der Waals surface area contributed by atoms with Crippen molar-refractivity contribution >= 4 is 22.6 Å². The normalized spacial score (nSPS) is 14.3. The van der Waals surface area contributed by atoms with Gasteiger partial charge in [-0.2, -0.15) is 0 Å². The van der Waals surface area contributed by atoms with Crippen molar-refractivity contribution in [2.75, 3.05) is 25.2 Å². The molecule has 2 heterocycles. The standard InChI is InChI=1S/C14H18N4O2/c1-3-20-8-7-17-11-6-4-5-10-13(11)18(14(17)19)9-12(15)16(10)2/h4-6,15H,3,7-9H2,1-2H3. The van der Waals surface area contributed by atoms with Gasteiger partial charge >= 0.3 is 5.69 Å². The molecule has 0 atom stereocenters. The number of aromatic nitrogens is 2. The van der Waals surface area contributed by atoms with Gasteiger partial charge in [0, 0.05) is 13.7 Å². The fraction of sp³-hybridized carbons (Fsp3) is 0.429. The lowest BCUT2D eigenvalue weighted by atomic mass is 10.2. The number of benzene rings is 1. The van der Waals surface area contributed by atoms with Crippen molar-refractivity contribution in [3.8, 4) is 0 Å². The fourth-order valence-electron chi connectivity index (χ4n) is 2.69. The molecule has 0 aliphatic carbocycles. The first-order valence-electron chi connectivity index (χ1n) is 6.76. The summed E-state index contributed by atoms with van der Waals surface area (Å²) in [5, 5.41) is 7.99. The number of hydrogen-bond acceptors (Lipinski definition) is 3. The van der Waals surface area contributed by atoms with Crippen LogP contribution in [0.2, 0.25) is 0 Å². The van der Waals surface area contributed by atoms with Crippen LogP contribution in [0.4, 0.5) is 5.69 Å². The predicted molar refractivity (Wildman–Crippen MR) is 78.8 cm³/mol. The van der Waals surface area contributed by atoms with Crippen molar-refractivity contribution in [2.45, 2.75) is 20.0 Å². The third kappa shape index (κ3) is 1.76. The predicted octanol–water partition coefficient (Wildman–Crippen LogP) is 1.27. The van der Waals surface area contributed by atoms with E-state index in [4.69, 9.17) is 10.1 Å². The van der Waals surface area contributed by atoms with Crippen LogP contribution in [0.3, 0.4) is 0 Å². The number of ether oxygens (including phenoxy) is 1. The molecule has 0 unspecified atom stereocenters. The van der Waals surface area contributed by atoms with Crippen molar-refractivity contribution in [1.29, 1.82) is 5.41 Å². The summed E-state index contributed by atoms with van der Waals surface area (Å²) in [7, 11) is 1.86. The van der Waals surface area contributed by atoms with Crippen LogP contribution in [-0.2, 0) is 17.8 Å². The number of nitrogens with zero attached hydrogens (tertiary/aromatic N) is 3. The molecule has 0 saturated heterocycles. The summed E-state index contributed by atoms with van der Waals surface area (Å²) in [6.07, 6.45) is 0. The summed E-state index contributed by atoms with van der Waals surface area (Å²) in [5.74, 6) is 0.426. The molecular weight excluding hydrogens is 256 g/mol. The molecule has 1 N–H and O–H groups in total. The number of rotatable bonds is 4. The van der Waals surface area contributed by atoms with Gasteiger partial charge in [0.15, 0.2) is 0 Å². The van der Waals surface area contributed by atoms with E-state index in [0.717, 1.165) is 16.7 Å². The van der Waals surface area contributed by atoms with Crippen LogP contribution in [0.15, 0.2) is 23.0 Å². The molecule has 0 amide bonds. The number of hydrogen-bond donors (Lipinski definition) is 1. The molecule has 1 aliphatic heterocycles. The molecule has 2 aromatic rings. The van der Waals surface area contributed by atoms with Crippen LogP contribution >= 0.6 is 0 Å². The maximum absolute atomic E-state index is 12.5. The van der Waals surface area contributed by atoms with Crippen LogP contribution < -0.4 is 10.6 Å². The Kier molecular flexibility index (Phi) is 3.10. The van der Waals surface area contributed by atoms with Gasteiger partial charge in [0.25, 0.3) is 0 Å². The molecule has 0 radical (unpaired) electrons. The summed E-state index contributed by atoms with van der Waals surface area (Å²) >= 11 is 0. The number of anilines is 1. The summed E-state index contributed by atoms with van der Waals surface area (Å²) in [6, 6.07) is 5.82. The summed E-state index contributed by atoms with van der Waals surface area (Å²) in [4.78, 5) is 14.3. The Balaban J connectivity index is 2.18. The van der Waals surface area contributed by atoms with Crippen LogP contribution in [-0.4, -0.2) is 35.2 Å². The molecule has 0 saturated carbocycles. The van der Waals surface area contributed by atoms with E-state index in [2.05, 4.69) is 0 Å². The Bertz CT molecular complexity index is 729. The zero-order valence-corrected chi connectivity index (χ0v) is 11.7. The number of para-hydroxylation sites is 1. The second-order valence-corrected chi connectivity index (χ2v) is 4.87. The Morgan fingerprint density at radius 1 is 1.40 bits per heavy atom. The van der Waals surface area contributed by atoms with Gasteiger partial charge in [0.2, 0.25) is 0 Å². The van der Waals surface area contributed by atoms with Crippen LogP contribution in [0.25, 0.3) is 11.0 Å². The van der Waals surface area contributed by atoms with Crippen molar-refractivity contribution in [3.63, 3.8) is 0 Å². The van der Waals surface area contributed by atoms with Crippen LogP contribution in [0.5, 0.6) is 0 Å². The van der Waals surface area contributed by atoms with Gasteiger partial charge < -0.3 is 9.64 Å². The number of likely N-dealkylation sites (N-methyl/N-ethyl adjacent to an activating group) is 1. The highest BCUT2D eigenvalue weighted by molar-refractivity contribution is 6.05. The molecular formula is C14H18N4O2. The van der Waals surface area contributed by atoms with Gasteiger partial charge in [-0.05, 0) is 19.1 Å². The smallest absolute Gasteiger partial charge is 0.329 e. The Hall–Kier alpha value is -2.08. The minimum Gasteiger partial charge on any atom is -0.380 e. The Morgan fingerprint density at radius 2 is 2.20 bits per heavy atom. The third-order valence-corrected chi connectivity index (χ3v) is 3.75. The average molecular weight is 274 g/mol. The first kappa shape index (κ1) is 12.9. The maximum atomic E-state index is 12.5. The lowest BCUT2D eigenvalue weighted by Gasteiger charge is -2.26. The van der Waals surface area contributed by atoms with Crippen LogP contribution in [0.1, 0.15) is 6.92 Å². The molecule has 106 valence electrons. The van der Waals surface area contributed by atoms with Gasteiger partial charge in [0.05, 0.1) is 36.4 Å². The zero-order chi connectivity index (χ0) is 14.3. The van der Waals surface area contributed by atoms with Gasteiger partial charge in [-0.3, -0.25) is 14.5 Å². The largest absolute Gasteiger partial charge is 0.380 e. The van der Waals surface area contributed by atoms with Crippen molar-refractivity contribution in [1.82, 2.24) is 9.13 Å². The summed E-state index contributed by atoms with van der Waals surface area (Å²) < 4.78 is 8.77. The zero-order valence-electron chi connectivity index (χ0n) is 11.7. The second kappa shape index (κ2) is 4.79. The van der Waals surface area contributed by atoms with E-state index in [1.54, 1.807) is 9.13 Å². The average Bonchev–Trinajstić information content (AvgIpc) is 2.71. The van der Waals surface area contributed by atoms with E-state index in [-0.39, 0.29) is 5.69 Å². The Morgan fingerprint density at radius 3 is 2.95 bits per heavy atom. The molecule has 1 aromatic carbocycles. The highest BCUT2D eigenvalue weighted by Crippen LogP contribution is 2.29. The number of nitrogens with one attached hydrogen (secondary N) is 1. The summed E-state index contributed by atoms with van der Waals surface area (Å²) in [6.45, 7) is 3.97. The van der Waals surface area contributed by atoms with E-state index in [0.29, 0.717) is 32.1 Å². The van der Waals surface area contributed by atoms with E-state index < -0.39 is 0 Å². The fourth-order valence-corrected chi connectivity index (χ4v) is 2.69. The first-order chi connectivity index (χ1) is 9.65. The SMILES string of the molecule is CCOCCn1c(=O)n2c3c(cccc31)N(C)C(=N)C2. The minimum atomic E-state index is -0.0648. The molecule has 3 rings (SSSR count). The molecule has 1 aromatic heterocycles. The van der Waals surface area contributed by atoms with Gasteiger partial charge in [-0.15, -0.1) is 0 Å².